The van der Waals surface area contributed by atoms with Crippen LogP contribution in [0.4, 0.5) is 5.69 Å². The molecule has 172 valence electrons. The van der Waals surface area contributed by atoms with E-state index in [4.69, 9.17) is 27.2 Å². The van der Waals surface area contributed by atoms with Crippen LogP contribution >= 0.6 is 24.0 Å². The minimum Gasteiger partial charge on any atom is -0.483 e. The van der Waals surface area contributed by atoms with Crippen LogP contribution in [-0.2, 0) is 24.4 Å². The molecule has 0 bridgehead atoms. The third kappa shape index (κ3) is 6.38. The van der Waals surface area contributed by atoms with Crippen LogP contribution in [0.15, 0.2) is 58.3 Å². The molecular formula is C20H17N3O7S3. The van der Waals surface area contributed by atoms with Crippen molar-refractivity contribution >= 4 is 67.9 Å². The fourth-order valence-corrected chi connectivity index (χ4v) is 4.47. The van der Waals surface area contributed by atoms with E-state index in [9.17, 15) is 22.8 Å². The third-order valence-corrected chi connectivity index (χ3v) is 6.50. The van der Waals surface area contributed by atoms with E-state index in [0.29, 0.717) is 17.0 Å². The molecule has 1 heterocycles. The number of thioether (sulfide) groups is 1. The molecular weight excluding hydrogens is 490 g/mol. The molecule has 10 nitrogen and oxygen atoms in total. The normalized spacial score (nSPS) is 15.1. The number of anilines is 1. The second-order valence-electron chi connectivity index (χ2n) is 6.61. The highest BCUT2D eigenvalue weighted by Gasteiger charge is 2.33. The Morgan fingerprint density at radius 3 is 2.48 bits per heavy atom. The lowest BCUT2D eigenvalue weighted by atomic mass is 10.2. The van der Waals surface area contributed by atoms with Crippen LogP contribution in [0.25, 0.3) is 6.08 Å². The van der Waals surface area contributed by atoms with E-state index in [-0.39, 0.29) is 20.7 Å². The monoisotopic (exact) mass is 507 g/mol. The first kappa shape index (κ1) is 24.4. The van der Waals surface area contributed by atoms with Crippen molar-refractivity contribution in [1.82, 2.24) is 4.90 Å². The maximum atomic E-state index is 12.5. The van der Waals surface area contributed by atoms with E-state index in [1.165, 1.54) is 30.3 Å². The van der Waals surface area contributed by atoms with Gasteiger partial charge in [-0.3, -0.25) is 19.3 Å². The lowest BCUT2D eigenvalue weighted by Crippen LogP contribution is -2.33. The highest BCUT2D eigenvalue weighted by Crippen LogP contribution is 2.34. The Morgan fingerprint density at radius 1 is 1.18 bits per heavy atom. The van der Waals surface area contributed by atoms with E-state index in [0.717, 1.165) is 16.7 Å². The molecule has 1 fully saturated rings. The van der Waals surface area contributed by atoms with Crippen molar-refractivity contribution in [2.45, 2.75) is 4.90 Å². The summed E-state index contributed by atoms with van der Waals surface area (Å²) < 4.78 is 28.3. The highest BCUT2D eigenvalue weighted by atomic mass is 32.2. The number of hydrogen-bond donors (Lipinski definition) is 3. The molecule has 0 aromatic heterocycles. The van der Waals surface area contributed by atoms with Gasteiger partial charge in [0.25, 0.3) is 11.8 Å². The van der Waals surface area contributed by atoms with Gasteiger partial charge in [-0.1, -0.05) is 42.2 Å². The topological polar surface area (TPSA) is 156 Å². The van der Waals surface area contributed by atoms with Crippen LogP contribution in [0.2, 0.25) is 0 Å². The summed E-state index contributed by atoms with van der Waals surface area (Å²) in [6, 6.07) is 12.0. The van der Waals surface area contributed by atoms with E-state index in [2.05, 4.69) is 5.32 Å². The van der Waals surface area contributed by atoms with Crippen molar-refractivity contribution in [3.8, 4) is 5.75 Å². The van der Waals surface area contributed by atoms with Gasteiger partial charge in [-0.05, 0) is 36.4 Å². The van der Waals surface area contributed by atoms with Gasteiger partial charge in [0.05, 0.1) is 9.80 Å². The molecule has 2 aromatic rings. The average Bonchev–Trinajstić information content (AvgIpc) is 3.00. The number of carbonyl (C=O) groups excluding carboxylic acids is 2. The molecule has 0 saturated carbocycles. The van der Waals surface area contributed by atoms with E-state index >= 15 is 0 Å². The molecule has 3 rings (SSSR count). The van der Waals surface area contributed by atoms with Crippen LogP contribution in [0.3, 0.4) is 0 Å². The minimum atomic E-state index is -3.83. The molecule has 33 heavy (non-hydrogen) atoms. The van der Waals surface area contributed by atoms with Crippen molar-refractivity contribution in [3.63, 3.8) is 0 Å². The predicted molar refractivity (Wildman–Crippen MR) is 126 cm³/mol. The molecule has 1 aliphatic rings. The summed E-state index contributed by atoms with van der Waals surface area (Å²) in [5.74, 6) is -1.88. The van der Waals surface area contributed by atoms with Gasteiger partial charge in [0.1, 0.15) is 16.6 Å². The smallest absolute Gasteiger partial charge is 0.323 e. The second kappa shape index (κ2) is 10.1. The van der Waals surface area contributed by atoms with Crippen LogP contribution in [0.1, 0.15) is 5.56 Å². The minimum absolute atomic E-state index is 0.0838. The second-order valence-corrected chi connectivity index (χ2v) is 9.84. The molecule has 2 amide bonds. The number of nitrogens with zero attached hydrogens (tertiary/aromatic N) is 1. The first-order valence-electron chi connectivity index (χ1n) is 9.16. The number of rotatable bonds is 8. The Balaban J connectivity index is 1.67. The highest BCUT2D eigenvalue weighted by molar-refractivity contribution is 8.26. The van der Waals surface area contributed by atoms with Gasteiger partial charge in [0.2, 0.25) is 10.0 Å². The number of nitrogens with one attached hydrogen (secondary N) is 1. The number of amides is 2. The molecule has 13 heteroatoms. The molecule has 0 radical (unpaired) electrons. The SMILES string of the molecule is NS(=O)(=O)c1ccc(NC(=O)COc2ccccc2/C=C2\SC(=S)N(CC(=O)O)C2=O)cc1. The molecule has 1 saturated heterocycles. The van der Waals surface area contributed by atoms with E-state index < -0.39 is 34.4 Å². The molecule has 0 unspecified atom stereocenters. The summed E-state index contributed by atoms with van der Waals surface area (Å²) >= 11 is 6.05. The zero-order chi connectivity index (χ0) is 24.2. The first-order chi connectivity index (χ1) is 15.5. The number of thiocarbonyl (C=S) groups is 1. The van der Waals surface area contributed by atoms with Gasteiger partial charge in [-0.2, -0.15) is 0 Å². The summed E-state index contributed by atoms with van der Waals surface area (Å²) in [6.45, 7) is -0.889. The number of aliphatic carboxylic acids is 1. The van der Waals surface area contributed by atoms with Crippen molar-refractivity contribution in [2.24, 2.45) is 5.14 Å². The maximum absolute atomic E-state index is 12.5. The zero-order valence-electron chi connectivity index (χ0n) is 16.8. The molecule has 4 N–H and O–H groups in total. The Hall–Kier alpha value is -3.26. The Labute approximate surface area is 198 Å². The fourth-order valence-electron chi connectivity index (χ4n) is 2.71. The molecule has 0 spiro atoms. The third-order valence-electron chi connectivity index (χ3n) is 4.20. The number of sulfonamides is 1. The van der Waals surface area contributed by atoms with E-state index in [1.807, 2.05) is 0 Å². The molecule has 0 aliphatic carbocycles. The number of ether oxygens (including phenoxy) is 1. The predicted octanol–water partition coefficient (Wildman–Crippen LogP) is 1.64. The number of primary sulfonamides is 1. The Morgan fingerprint density at radius 2 is 1.85 bits per heavy atom. The number of carbonyl (C=O) groups is 3. The Bertz CT molecular complexity index is 1260. The number of carboxylic acids is 1. The summed E-state index contributed by atoms with van der Waals surface area (Å²) in [5.41, 5.74) is 0.852. The van der Waals surface area contributed by atoms with Crippen LogP contribution in [0, 0.1) is 0 Å². The Kier molecular flexibility index (Phi) is 7.48. The molecule has 1 aliphatic heterocycles. The number of para-hydroxylation sites is 1. The number of nitrogens with two attached hydrogens (primary N) is 1. The van der Waals surface area contributed by atoms with Crippen molar-refractivity contribution in [3.05, 3.63) is 59.0 Å². The zero-order valence-corrected chi connectivity index (χ0v) is 19.2. The standard InChI is InChI=1S/C20H17N3O7S3/c21-33(28,29)14-7-5-13(6-8-14)22-17(24)11-30-15-4-2-1-3-12(15)9-16-19(27)23(10-18(25)26)20(31)32-16/h1-9H,10-11H2,(H,22,24)(H,25,26)(H2,21,28,29)/b16-9-. The number of hydrogen-bond acceptors (Lipinski definition) is 8. The van der Waals surface area contributed by atoms with Crippen LogP contribution < -0.4 is 15.2 Å². The van der Waals surface area contributed by atoms with Crippen LogP contribution in [-0.4, -0.2) is 53.7 Å². The number of benzene rings is 2. The van der Waals surface area contributed by atoms with Crippen molar-refractivity contribution in [2.75, 3.05) is 18.5 Å². The first-order valence-corrected chi connectivity index (χ1v) is 11.9. The van der Waals surface area contributed by atoms with Gasteiger partial charge in [0.15, 0.2) is 6.61 Å². The summed E-state index contributed by atoms with van der Waals surface area (Å²) in [5, 5.41) is 16.5. The largest absolute Gasteiger partial charge is 0.483 e. The lowest BCUT2D eigenvalue weighted by molar-refractivity contribution is -0.140. The number of carboxylic acid groups (broad SMARTS) is 1. The van der Waals surface area contributed by atoms with Crippen LogP contribution in [0.5, 0.6) is 5.75 Å². The maximum Gasteiger partial charge on any atom is 0.323 e. The fraction of sp³-hybridized carbons (Fsp3) is 0.100. The van der Waals surface area contributed by atoms with Gasteiger partial charge >= 0.3 is 5.97 Å². The van der Waals surface area contributed by atoms with Crippen molar-refractivity contribution < 1.29 is 32.6 Å². The van der Waals surface area contributed by atoms with Gasteiger partial charge in [0, 0.05) is 11.3 Å². The summed E-state index contributed by atoms with van der Waals surface area (Å²) in [6.07, 6.45) is 1.51. The van der Waals surface area contributed by atoms with Crippen molar-refractivity contribution in [1.29, 1.82) is 0 Å². The molecule has 2 aromatic carbocycles. The quantitative estimate of drug-likeness (QED) is 0.357. The van der Waals surface area contributed by atoms with Gasteiger partial charge in [-0.25, -0.2) is 13.6 Å². The van der Waals surface area contributed by atoms with E-state index in [1.54, 1.807) is 24.3 Å². The summed E-state index contributed by atoms with van der Waals surface area (Å²) in [7, 11) is -3.83. The lowest BCUT2D eigenvalue weighted by Gasteiger charge is -2.11. The average molecular weight is 508 g/mol. The van der Waals surface area contributed by atoms with Gasteiger partial charge < -0.3 is 15.2 Å². The van der Waals surface area contributed by atoms with Gasteiger partial charge in [-0.15, -0.1) is 0 Å². The molecule has 0 atom stereocenters. The summed E-state index contributed by atoms with van der Waals surface area (Å²) in [4.78, 5) is 36.8.